The van der Waals surface area contributed by atoms with E-state index in [1.807, 2.05) is 6.07 Å². The number of aliphatic hydroxyl groups is 1. The maximum Gasteiger partial charge on any atom is 0.261 e. The second-order valence-corrected chi connectivity index (χ2v) is 13.4. The second kappa shape index (κ2) is 14.6. The number of carbonyl (C=O) groups excluding carboxylic acids is 1. The number of nitrogens with one attached hydrogen (secondary N) is 1. The van der Waals surface area contributed by atoms with E-state index in [4.69, 9.17) is 9.72 Å². The van der Waals surface area contributed by atoms with Gasteiger partial charge in [-0.1, -0.05) is 0 Å². The van der Waals surface area contributed by atoms with Crippen molar-refractivity contribution in [1.29, 1.82) is 0 Å². The van der Waals surface area contributed by atoms with Crippen LogP contribution in [0.5, 0.6) is 5.75 Å². The molecule has 6 rings (SSSR count). The molecule has 4 aromatic rings. The number of hydrogen-bond acceptors (Lipinski definition) is 9. The van der Waals surface area contributed by atoms with Crippen LogP contribution in [0.1, 0.15) is 60.6 Å². The molecule has 0 atom stereocenters. The van der Waals surface area contributed by atoms with Crippen molar-refractivity contribution in [3.8, 4) is 17.0 Å². The summed E-state index contributed by atoms with van der Waals surface area (Å²) in [6.45, 7) is 5.73. The number of halogens is 1. The summed E-state index contributed by atoms with van der Waals surface area (Å²) in [7, 11) is 7.94. The first kappa shape index (κ1) is 33.8. The van der Waals surface area contributed by atoms with E-state index in [0.29, 0.717) is 41.8 Å². The number of pyridine rings is 2. The molecule has 48 heavy (non-hydrogen) atoms. The second-order valence-electron chi connectivity index (χ2n) is 13.4. The molecular formula is C36H47FN8O3. The van der Waals surface area contributed by atoms with Gasteiger partial charge in [0.15, 0.2) is 5.82 Å². The highest BCUT2D eigenvalue weighted by Crippen LogP contribution is 2.37. The molecule has 1 saturated carbocycles. The predicted octanol–water partition coefficient (Wildman–Crippen LogP) is 5.14. The van der Waals surface area contributed by atoms with Gasteiger partial charge in [0, 0.05) is 62.0 Å². The van der Waals surface area contributed by atoms with Gasteiger partial charge in [-0.25, -0.2) is 14.4 Å². The summed E-state index contributed by atoms with van der Waals surface area (Å²) in [4.78, 5) is 34.3. The van der Waals surface area contributed by atoms with Gasteiger partial charge in [0.2, 0.25) is 5.95 Å². The Bertz CT molecular complexity index is 1740. The van der Waals surface area contributed by atoms with Gasteiger partial charge in [-0.15, -0.1) is 0 Å². The molecule has 1 aliphatic carbocycles. The monoisotopic (exact) mass is 658 g/mol. The fourth-order valence-electron chi connectivity index (χ4n) is 7.07. The Balaban J connectivity index is 1.30. The number of carbonyl (C=O) groups is 1. The topological polar surface area (TPSA) is 112 Å². The number of amides is 1. The molecule has 0 radical (unpaired) electrons. The lowest BCUT2D eigenvalue weighted by Gasteiger charge is -2.38. The zero-order chi connectivity index (χ0) is 33.9. The van der Waals surface area contributed by atoms with E-state index >= 15 is 4.39 Å². The standard InChI is InChI=1S/C36H47FN8O3/c1-23-20-28(33(37)34(39-23)29-22-38-15-12-32(29)48-5)35(47)41-36-40-30-11-8-26(21-31(30)45(36)25-6-9-27(46)10-7-25)44-16-13-24(14-17-44)43(4)19-18-42(2)3/h8,11-12,15,20-22,24-25,27,46H,6-7,9-10,13-14,16-19H2,1-5H3,(H,40,41,47). The number of hydrogen-bond donors (Lipinski definition) is 2. The van der Waals surface area contributed by atoms with Crippen LogP contribution in [0.4, 0.5) is 16.0 Å². The number of nitrogens with zero attached hydrogens (tertiary/aromatic N) is 7. The number of rotatable bonds is 10. The Morgan fingerprint density at radius 1 is 1.04 bits per heavy atom. The van der Waals surface area contributed by atoms with E-state index < -0.39 is 11.7 Å². The lowest BCUT2D eigenvalue weighted by atomic mass is 9.93. The van der Waals surface area contributed by atoms with Crippen molar-refractivity contribution in [1.82, 2.24) is 29.3 Å². The van der Waals surface area contributed by atoms with Crippen molar-refractivity contribution < 1.29 is 19.0 Å². The summed E-state index contributed by atoms with van der Waals surface area (Å²) in [6, 6.07) is 9.94. The maximum absolute atomic E-state index is 16.1. The zero-order valence-electron chi connectivity index (χ0n) is 28.6. The highest BCUT2D eigenvalue weighted by molar-refractivity contribution is 6.05. The Labute approximate surface area is 281 Å². The normalized spacial score (nSPS) is 19.0. The minimum atomic E-state index is -0.758. The Kier molecular flexibility index (Phi) is 10.2. The Hall–Kier alpha value is -4.13. The van der Waals surface area contributed by atoms with Gasteiger partial charge in [-0.05, 0) is 96.9 Å². The van der Waals surface area contributed by atoms with Crippen LogP contribution in [-0.2, 0) is 0 Å². The summed E-state index contributed by atoms with van der Waals surface area (Å²) in [5, 5.41) is 13.2. The van der Waals surface area contributed by atoms with Crippen molar-refractivity contribution in [2.24, 2.45) is 0 Å². The molecule has 12 heteroatoms. The van der Waals surface area contributed by atoms with Crippen LogP contribution >= 0.6 is 0 Å². The minimum absolute atomic E-state index is 0.00261. The molecule has 11 nitrogen and oxygen atoms in total. The first-order valence-electron chi connectivity index (χ1n) is 16.9. The quantitative estimate of drug-likeness (QED) is 0.239. The fraction of sp³-hybridized carbons (Fsp3) is 0.500. The van der Waals surface area contributed by atoms with E-state index in [0.717, 1.165) is 68.6 Å². The number of imidazole rings is 1. The number of anilines is 2. The molecule has 0 unspecified atom stereocenters. The van der Waals surface area contributed by atoms with Crippen molar-refractivity contribution in [2.45, 2.75) is 63.6 Å². The van der Waals surface area contributed by atoms with Gasteiger partial charge in [-0.2, -0.15) is 0 Å². The van der Waals surface area contributed by atoms with Crippen molar-refractivity contribution >= 4 is 28.6 Å². The third-order valence-electron chi connectivity index (χ3n) is 9.87. The molecule has 2 N–H and O–H groups in total. The van der Waals surface area contributed by atoms with E-state index in [1.165, 1.54) is 19.4 Å². The maximum atomic E-state index is 16.1. The molecule has 256 valence electrons. The van der Waals surface area contributed by atoms with Crippen molar-refractivity contribution in [2.75, 3.05) is 64.6 Å². The molecule has 0 spiro atoms. The smallest absolute Gasteiger partial charge is 0.261 e. The SMILES string of the molecule is COc1ccncc1-c1nc(C)cc(C(=O)Nc2nc3ccc(N4CCC(N(C)CCN(C)C)CC4)cc3n2C2CCC(O)CC2)c1F. The molecule has 0 bridgehead atoms. The van der Waals surface area contributed by atoms with Crippen LogP contribution in [0, 0.1) is 12.7 Å². The van der Waals surface area contributed by atoms with Crippen LogP contribution in [-0.4, -0.2) is 107 Å². The Morgan fingerprint density at radius 2 is 1.79 bits per heavy atom. The number of fused-ring (bicyclic) bond motifs is 1. The van der Waals surface area contributed by atoms with Gasteiger partial charge >= 0.3 is 0 Å². The first-order chi connectivity index (χ1) is 23.1. The highest BCUT2D eigenvalue weighted by atomic mass is 19.1. The van der Waals surface area contributed by atoms with Crippen LogP contribution < -0.4 is 15.0 Å². The summed E-state index contributed by atoms with van der Waals surface area (Å²) in [6.07, 6.45) is 7.71. The lowest BCUT2D eigenvalue weighted by Crippen LogP contribution is -2.45. The molecule has 3 aromatic heterocycles. The number of likely N-dealkylation sites (N-methyl/N-ethyl adjacent to an activating group) is 2. The number of benzene rings is 1. The highest BCUT2D eigenvalue weighted by Gasteiger charge is 2.29. The average molecular weight is 659 g/mol. The number of methoxy groups -OCH3 is 1. The largest absolute Gasteiger partial charge is 0.496 e. The Morgan fingerprint density at radius 3 is 2.50 bits per heavy atom. The van der Waals surface area contributed by atoms with Crippen molar-refractivity contribution in [3.63, 3.8) is 0 Å². The lowest BCUT2D eigenvalue weighted by molar-refractivity contribution is 0.101. The van der Waals surface area contributed by atoms with Crippen molar-refractivity contribution in [3.05, 3.63) is 59.8 Å². The summed E-state index contributed by atoms with van der Waals surface area (Å²) in [5.74, 6) is -0.601. The molecule has 2 aliphatic rings. The van der Waals surface area contributed by atoms with Gasteiger partial charge < -0.3 is 29.1 Å². The summed E-state index contributed by atoms with van der Waals surface area (Å²) in [5.41, 5.74) is 3.50. The average Bonchev–Trinajstić information content (AvgIpc) is 3.45. The van der Waals surface area contributed by atoms with Gasteiger partial charge in [0.05, 0.1) is 35.4 Å². The van der Waals surface area contributed by atoms with E-state index in [-0.39, 0.29) is 23.4 Å². The van der Waals surface area contributed by atoms with Gasteiger partial charge in [0.1, 0.15) is 11.4 Å². The molecule has 4 heterocycles. The number of aliphatic hydroxyl groups excluding tert-OH is 1. The zero-order valence-corrected chi connectivity index (χ0v) is 28.6. The predicted molar refractivity (Wildman–Crippen MR) is 186 cm³/mol. The molecule has 1 aromatic carbocycles. The number of ether oxygens (including phenoxy) is 1. The third-order valence-corrected chi connectivity index (χ3v) is 9.87. The third kappa shape index (κ3) is 7.15. The molecule has 2 fully saturated rings. The van der Waals surface area contributed by atoms with E-state index in [9.17, 15) is 9.90 Å². The van der Waals surface area contributed by atoms with Crippen LogP contribution in [0.15, 0.2) is 42.7 Å². The summed E-state index contributed by atoms with van der Waals surface area (Å²) < 4.78 is 23.6. The van der Waals surface area contributed by atoms with Crippen LogP contribution in [0.3, 0.4) is 0 Å². The summed E-state index contributed by atoms with van der Waals surface area (Å²) >= 11 is 0. The minimum Gasteiger partial charge on any atom is -0.496 e. The van der Waals surface area contributed by atoms with Gasteiger partial charge in [0.25, 0.3) is 5.91 Å². The van der Waals surface area contributed by atoms with Crippen LogP contribution in [0.2, 0.25) is 0 Å². The van der Waals surface area contributed by atoms with Gasteiger partial charge in [-0.3, -0.25) is 15.1 Å². The molecule has 1 aliphatic heterocycles. The molecular weight excluding hydrogens is 611 g/mol. The van der Waals surface area contributed by atoms with Crippen LogP contribution in [0.25, 0.3) is 22.3 Å². The number of piperidine rings is 1. The number of aromatic nitrogens is 4. The first-order valence-corrected chi connectivity index (χ1v) is 16.9. The number of aryl methyl sites for hydroxylation is 1. The fourth-order valence-corrected chi connectivity index (χ4v) is 7.07. The van der Waals surface area contributed by atoms with E-state index in [2.05, 4.69) is 67.8 Å². The van der Waals surface area contributed by atoms with E-state index in [1.54, 1.807) is 19.2 Å². The molecule has 1 saturated heterocycles. The molecule has 1 amide bonds.